The minimum atomic E-state index is -0.726. The average Bonchev–Trinajstić information content (AvgIpc) is 2.65. The zero-order valence-corrected chi connectivity index (χ0v) is 16.6. The molecule has 1 radical (unpaired) electrons. The smallest absolute Gasteiger partial charge is 0.414 e. The van der Waals surface area contributed by atoms with E-state index in [0.717, 1.165) is 15.7 Å². The second-order valence-corrected chi connectivity index (χ2v) is 7.47. The lowest BCUT2D eigenvalue weighted by molar-refractivity contribution is -0.384. The predicted octanol–water partition coefficient (Wildman–Crippen LogP) is 5.71. The number of benzene rings is 3. The van der Waals surface area contributed by atoms with Gasteiger partial charge in [-0.1, -0.05) is 24.3 Å². The van der Waals surface area contributed by atoms with Crippen molar-refractivity contribution in [1.29, 1.82) is 0 Å². The first kappa shape index (κ1) is 20.1. The van der Waals surface area contributed by atoms with E-state index in [4.69, 9.17) is 9.47 Å². The molecule has 3 rings (SSSR count). The van der Waals surface area contributed by atoms with E-state index in [-0.39, 0.29) is 11.4 Å². The zero-order chi connectivity index (χ0) is 21.2. The number of carbonyl (C=O) groups excluding carboxylic acids is 1. The topological polar surface area (TPSA) is 81.9 Å². The molecule has 0 N–H and O–H groups in total. The summed E-state index contributed by atoms with van der Waals surface area (Å²) in [5, 5.41) is 13.3. The van der Waals surface area contributed by atoms with Gasteiger partial charge in [0.2, 0.25) is 0 Å². The molecule has 0 spiro atoms. The molecule has 1 amide bonds. The maximum atomic E-state index is 12.4. The van der Waals surface area contributed by atoms with Gasteiger partial charge < -0.3 is 9.47 Å². The van der Waals surface area contributed by atoms with E-state index in [1.807, 2.05) is 30.3 Å². The highest BCUT2D eigenvalue weighted by Crippen LogP contribution is 2.34. The lowest BCUT2D eigenvalue weighted by Gasteiger charge is -2.24. The fraction of sp³-hybridized carbons (Fsp3) is 0.227. The second-order valence-electron chi connectivity index (χ2n) is 7.47. The lowest BCUT2D eigenvalue weighted by atomic mass is 10.1. The number of nitro groups is 1. The average molecular weight is 393 g/mol. The monoisotopic (exact) mass is 393 g/mol. The summed E-state index contributed by atoms with van der Waals surface area (Å²) in [6.45, 7) is 5.18. The van der Waals surface area contributed by atoms with Crippen LogP contribution in [0, 0.1) is 16.2 Å². The first-order chi connectivity index (χ1) is 13.6. The van der Waals surface area contributed by atoms with Crippen molar-refractivity contribution in [2.75, 3.05) is 11.9 Å². The minimum absolute atomic E-state index is 0.0779. The summed E-state index contributed by atoms with van der Waals surface area (Å²) in [5.41, 5.74) is -0.873. The Hall–Kier alpha value is -3.61. The van der Waals surface area contributed by atoms with Crippen molar-refractivity contribution < 1.29 is 19.2 Å². The third kappa shape index (κ3) is 4.82. The van der Waals surface area contributed by atoms with Crippen molar-refractivity contribution >= 4 is 28.2 Å². The van der Waals surface area contributed by atoms with Gasteiger partial charge in [0, 0.05) is 19.2 Å². The van der Waals surface area contributed by atoms with Gasteiger partial charge in [-0.05, 0) is 55.8 Å². The molecular weight excluding hydrogens is 372 g/mol. The lowest BCUT2D eigenvalue weighted by Crippen LogP contribution is -2.34. The Bertz CT molecular complexity index is 1070. The van der Waals surface area contributed by atoms with Crippen LogP contribution < -0.4 is 9.64 Å². The van der Waals surface area contributed by atoms with E-state index < -0.39 is 16.6 Å². The molecule has 0 atom stereocenters. The van der Waals surface area contributed by atoms with Crippen molar-refractivity contribution in [1.82, 2.24) is 0 Å². The van der Waals surface area contributed by atoms with Gasteiger partial charge in [0.05, 0.1) is 4.92 Å². The normalized spacial score (nSPS) is 11.2. The van der Waals surface area contributed by atoms with Crippen molar-refractivity contribution in [2.45, 2.75) is 26.4 Å². The summed E-state index contributed by atoms with van der Waals surface area (Å²) in [6, 6.07) is 18.6. The molecule has 0 saturated carbocycles. The highest BCUT2D eigenvalue weighted by Gasteiger charge is 2.26. The Morgan fingerprint density at radius 1 is 1.10 bits per heavy atom. The number of amides is 1. The maximum Gasteiger partial charge on any atom is 0.414 e. The summed E-state index contributed by atoms with van der Waals surface area (Å²) < 4.78 is 11.2. The first-order valence-corrected chi connectivity index (χ1v) is 8.97. The molecule has 7 heteroatoms. The molecule has 0 aliphatic carbocycles. The summed E-state index contributed by atoms with van der Waals surface area (Å²) in [6.07, 6.45) is -0.696. The molecule has 0 aromatic heterocycles. The van der Waals surface area contributed by atoms with Crippen LogP contribution >= 0.6 is 0 Å². The number of rotatable bonds is 4. The highest BCUT2D eigenvalue weighted by atomic mass is 16.6. The van der Waals surface area contributed by atoms with E-state index in [2.05, 4.69) is 6.07 Å². The van der Waals surface area contributed by atoms with Crippen LogP contribution in [0.1, 0.15) is 20.8 Å². The van der Waals surface area contributed by atoms with Crippen LogP contribution in [-0.2, 0) is 4.74 Å². The number of hydrogen-bond acceptors (Lipinski definition) is 5. The van der Waals surface area contributed by atoms with Gasteiger partial charge >= 0.3 is 6.09 Å². The van der Waals surface area contributed by atoms with Gasteiger partial charge in [0.1, 0.15) is 22.8 Å². The third-order valence-electron chi connectivity index (χ3n) is 4.04. The summed E-state index contributed by atoms with van der Waals surface area (Å²) in [4.78, 5) is 24.4. The molecule has 0 saturated heterocycles. The van der Waals surface area contributed by atoms with Crippen LogP contribution in [0.3, 0.4) is 0 Å². The molecule has 3 aromatic rings. The van der Waals surface area contributed by atoms with E-state index in [0.29, 0.717) is 11.5 Å². The zero-order valence-electron chi connectivity index (χ0n) is 16.6. The summed E-state index contributed by atoms with van der Waals surface area (Å²) in [5.74, 6) is 0.913. The molecule has 29 heavy (non-hydrogen) atoms. The molecule has 0 unspecified atom stereocenters. The van der Waals surface area contributed by atoms with Crippen molar-refractivity contribution in [3.05, 3.63) is 70.8 Å². The number of anilines is 1. The van der Waals surface area contributed by atoms with Crippen molar-refractivity contribution in [3.63, 3.8) is 0 Å². The maximum absolute atomic E-state index is 12.4. The Morgan fingerprint density at radius 3 is 2.48 bits per heavy atom. The molecular formula is C22H21N2O5. The second kappa shape index (κ2) is 7.79. The van der Waals surface area contributed by atoms with Crippen LogP contribution in [0.4, 0.5) is 16.2 Å². The van der Waals surface area contributed by atoms with Crippen LogP contribution in [-0.4, -0.2) is 23.7 Å². The van der Waals surface area contributed by atoms with Crippen LogP contribution in [0.15, 0.2) is 54.6 Å². The molecule has 0 heterocycles. The van der Waals surface area contributed by atoms with Crippen LogP contribution in [0.5, 0.6) is 11.5 Å². The number of ether oxygens (including phenoxy) is 2. The van der Waals surface area contributed by atoms with Gasteiger partial charge in [0.25, 0.3) is 5.69 Å². The van der Waals surface area contributed by atoms with E-state index in [1.165, 1.54) is 25.2 Å². The SMILES string of the molecule is CN(C(=O)OC(C)(C)C)c1cc(Oc2ccc3ccc[c]c3c2)ccc1[N+](=O)[O-]. The van der Waals surface area contributed by atoms with Crippen molar-refractivity contribution in [2.24, 2.45) is 0 Å². The van der Waals surface area contributed by atoms with E-state index >= 15 is 0 Å². The van der Waals surface area contributed by atoms with Crippen LogP contribution in [0.2, 0.25) is 0 Å². The summed E-state index contributed by atoms with van der Waals surface area (Å²) in [7, 11) is 1.42. The van der Waals surface area contributed by atoms with Crippen molar-refractivity contribution in [3.8, 4) is 11.5 Å². The fourth-order valence-corrected chi connectivity index (χ4v) is 2.71. The van der Waals surface area contributed by atoms with Gasteiger partial charge in [-0.3, -0.25) is 15.0 Å². The summed E-state index contributed by atoms with van der Waals surface area (Å²) >= 11 is 0. The number of hydrogen-bond donors (Lipinski definition) is 0. The molecule has 0 bridgehead atoms. The molecule has 149 valence electrons. The Labute approximate surface area is 168 Å². The minimum Gasteiger partial charge on any atom is -0.457 e. The van der Waals surface area contributed by atoms with Crippen LogP contribution in [0.25, 0.3) is 10.8 Å². The Balaban J connectivity index is 1.93. The molecule has 3 aromatic carbocycles. The number of carbonyl (C=O) groups is 1. The van der Waals surface area contributed by atoms with E-state index in [1.54, 1.807) is 26.8 Å². The Kier molecular flexibility index (Phi) is 5.41. The molecule has 0 aliphatic heterocycles. The van der Waals surface area contributed by atoms with E-state index in [9.17, 15) is 14.9 Å². The fourth-order valence-electron chi connectivity index (χ4n) is 2.71. The van der Waals surface area contributed by atoms with Gasteiger partial charge in [-0.25, -0.2) is 4.79 Å². The molecule has 0 fully saturated rings. The van der Waals surface area contributed by atoms with Gasteiger partial charge in [-0.15, -0.1) is 0 Å². The molecule has 0 aliphatic rings. The third-order valence-corrected chi connectivity index (χ3v) is 4.04. The largest absolute Gasteiger partial charge is 0.457 e. The first-order valence-electron chi connectivity index (χ1n) is 8.97. The Morgan fingerprint density at radius 2 is 1.79 bits per heavy atom. The highest BCUT2D eigenvalue weighted by molar-refractivity contribution is 5.90. The van der Waals surface area contributed by atoms with Gasteiger partial charge in [-0.2, -0.15) is 0 Å². The number of fused-ring (bicyclic) bond motifs is 1. The standard InChI is InChI=1S/C22H21N2O5/c1-22(2,3)29-21(25)23(4)20-14-18(11-12-19(20)24(26)27)28-17-10-9-15-7-5-6-8-16(15)13-17/h5-7,9-14H,1-4H3. The predicted molar refractivity (Wildman–Crippen MR) is 111 cm³/mol. The number of nitro benzene ring substituents is 1. The quantitative estimate of drug-likeness (QED) is 0.419. The molecule has 7 nitrogen and oxygen atoms in total. The van der Waals surface area contributed by atoms with Gasteiger partial charge in [0.15, 0.2) is 0 Å². The number of nitrogens with zero attached hydrogens (tertiary/aromatic N) is 2.